The van der Waals surface area contributed by atoms with Gasteiger partial charge in [-0.3, -0.25) is 9.78 Å². The maximum atomic E-state index is 12.3. The van der Waals surface area contributed by atoms with Gasteiger partial charge in [-0.05, 0) is 68.3 Å². The normalized spacial score (nSPS) is 10.8. The second-order valence-corrected chi connectivity index (χ2v) is 9.14. The number of benzene rings is 1. The van der Waals surface area contributed by atoms with Crippen LogP contribution in [0.1, 0.15) is 16.8 Å². The molecule has 0 unspecified atom stereocenters. The van der Waals surface area contributed by atoms with E-state index in [0.29, 0.717) is 5.03 Å². The molecule has 31 heavy (non-hydrogen) atoms. The maximum absolute atomic E-state index is 12.3. The van der Waals surface area contributed by atoms with Crippen LogP contribution in [0.3, 0.4) is 0 Å². The van der Waals surface area contributed by atoms with Gasteiger partial charge in [0.2, 0.25) is 5.91 Å². The molecule has 0 saturated heterocycles. The van der Waals surface area contributed by atoms with Gasteiger partial charge in [0.25, 0.3) is 0 Å². The minimum absolute atomic E-state index is 0.0692. The Morgan fingerprint density at radius 2 is 1.87 bits per heavy atom. The summed E-state index contributed by atoms with van der Waals surface area (Å²) in [5, 5.41) is 13.2. The van der Waals surface area contributed by atoms with Crippen molar-refractivity contribution in [1.82, 2.24) is 20.2 Å². The number of carbonyl (C=O) groups is 1. The molecule has 4 rings (SSSR count). The molecule has 0 spiro atoms. The fraction of sp³-hybridized carbons (Fsp3) is 0.174. The lowest BCUT2D eigenvalue weighted by Gasteiger charge is -2.07. The fourth-order valence-electron chi connectivity index (χ4n) is 3.15. The quantitative estimate of drug-likeness (QED) is 0.403. The third-order valence-corrected chi connectivity index (χ3v) is 6.58. The Bertz CT molecular complexity index is 1190. The number of anilines is 1. The Balaban J connectivity index is 1.39. The predicted octanol–water partition coefficient (Wildman–Crippen LogP) is 5.32. The van der Waals surface area contributed by atoms with Crippen molar-refractivity contribution in [2.45, 2.75) is 25.8 Å². The molecule has 1 amide bonds. The Morgan fingerprint density at radius 1 is 1.06 bits per heavy atom. The molecule has 6 nitrogen and oxygen atoms in total. The third kappa shape index (κ3) is 5.34. The first-order valence-electron chi connectivity index (χ1n) is 9.71. The molecule has 8 heteroatoms. The van der Waals surface area contributed by atoms with E-state index in [1.54, 1.807) is 23.7 Å². The van der Waals surface area contributed by atoms with Crippen molar-refractivity contribution in [2.75, 3.05) is 11.1 Å². The molecule has 0 fully saturated rings. The van der Waals surface area contributed by atoms with Gasteiger partial charge in [-0.15, -0.1) is 21.5 Å². The van der Waals surface area contributed by atoms with Crippen LogP contribution in [0.4, 0.5) is 5.69 Å². The van der Waals surface area contributed by atoms with Gasteiger partial charge >= 0.3 is 0 Å². The number of rotatable bonds is 6. The van der Waals surface area contributed by atoms with Crippen LogP contribution in [0.15, 0.2) is 59.9 Å². The standard InChI is InChI=1S/C23H21N5OS2/c1-14-9-15(2)11-18(10-14)26-20(29)13-30-21-7-6-19(27-28-21)22-16(3)25-23(31-22)17-5-4-8-24-12-17/h4-12H,13H2,1-3H3,(H,26,29). The third-order valence-electron chi connectivity index (χ3n) is 4.43. The highest BCUT2D eigenvalue weighted by molar-refractivity contribution is 7.99. The Kier molecular flexibility index (Phi) is 6.39. The Hall–Kier alpha value is -3.10. The van der Waals surface area contributed by atoms with Crippen molar-refractivity contribution in [3.63, 3.8) is 0 Å². The zero-order valence-electron chi connectivity index (χ0n) is 17.4. The van der Waals surface area contributed by atoms with E-state index in [4.69, 9.17) is 0 Å². The molecule has 0 bridgehead atoms. The molecule has 0 aliphatic heterocycles. The summed E-state index contributed by atoms with van der Waals surface area (Å²) >= 11 is 2.93. The van der Waals surface area contributed by atoms with Gasteiger partial charge in [0.15, 0.2) is 0 Å². The van der Waals surface area contributed by atoms with Gasteiger partial charge in [-0.1, -0.05) is 17.8 Å². The monoisotopic (exact) mass is 447 g/mol. The summed E-state index contributed by atoms with van der Waals surface area (Å²) in [6.45, 7) is 5.99. The number of amides is 1. The van der Waals surface area contributed by atoms with Crippen molar-refractivity contribution in [1.29, 1.82) is 0 Å². The Labute approximate surface area is 189 Å². The van der Waals surface area contributed by atoms with Crippen LogP contribution in [-0.4, -0.2) is 31.8 Å². The van der Waals surface area contributed by atoms with Gasteiger partial charge in [0, 0.05) is 23.6 Å². The number of aryl methyl sites for hydroxylation is 3. The van der Waals surface area contributed by atoms with E-state index in [0.717, 1.165) is 43.7 Å². The molecule has 1 N–H and O–H groups in total. The molecule has 1 aromatic carbocycles. The lowest BCUT2D eigenvalue weighted by Crippen LogP contribution is -2.14. The van der Waals surface area contributed by atoms with E-state index in [2.05, 4.69) is 31.5 Å². The molecule has 4 aromatic rings. The number of thiazole rings is 1. The van der Waals surface area contributed by atoms with E-state index in [1.165, 1.54) is 11.8 Å². The molecule has 0 aliphatic rings. The SMILES string of the molecule is Cc1cc(C)cc(NC(=O)CSc2ccc(-c3sc(-c4cccnc4)nc3C)nn2)c1. The lowest BCUT2D eigenvalue weighted by molar-refractivity contribution is -0.113. The number of pyridine rings is 1. The van der Waals surface area contributed by atoms with Gasteiger partial charge in [-0.25, -0.2) is 4.98 Å². The first-order chi connectivity index (χ1) is 15.0. The highest BCUT2D eigenvalue weighted by Gasteiger charge is 2.13. The van der Waals surface area contributed by atoms with Crippen molar-refractivity contribution >= 4 is 34.7 Å². The maximum Gasteiger partial charge on any atom is 0.234 e. The van der Waals surface area contributed by atoms with E-state index in [-0.39, 0.29) is 11.7 Å². The van der Waals surface area contributed by atoms with E-state index in [9.17, 15) is 4.79 Å². The van der Waals surface area contributed by atoms with Gasteiger partial charge in [0.05, 0.1) is 16.3 Å². The zero-order chi connectivity index (χ0) is 21.8. The lowest BCUT2D eigenvalue weighted by atomic mass is 10.1. The number of thioether (sulfide) groups is 1. The summed E-state index contributed by atoms with van der Waals surface area (Å²) in [4.78, 5) is 22.1. The van der Waals surface area contributed by atoms with Gasteiger partial charge in [-0.2, -0.15) is 0 Å². The van der Waals surface area contributed by atoms with Crippen LogP contribution in [0, 0.1) is 20.8 Å². The van der Waals surface area contributed by atoms with Gasteiger partial charge in [0.1, 0.15) is 15.7 Å². The van der Waals surface area contributed by atoms with E-state index in [1.807, 2.05) is 57.2 Å². The molecule has 3 heterocycles. The highest BCUT2D eigenvalue weighted by Crippen LogP contribution is 2.34. The summed E-state index contributed by atoms with van der Waals surface area (Å²) in [5.74, 6) is 0.200. The van der Waals surface area contributed by atoms with Crippen LogP contribution < -0.4 is 5.32 Å². The number of carbonyl (C=O) groups excluding carboxylic acids is 1. The zero-order valence-corrected chi connectivity index (χ0v) is 19.0. The molecule has 156 valence electrons. The van der Waals surface area contributed by atoms with Crippen LogP contribution >= 0.6 is 23.1 Å². The molecular formula is C23H21N5OS2. The number of nitrogens with zero attached hydrogens (tertiary/aromatic N) is 4. The minimum Gasteiger partial charge on any atom is -0.325 e. The van der Waals surface area contributed by atoms with Crippen LogP contribution in [-0.2, 0) is 4.79 Å². The molecule has 0 aliphatic carbocycles. The number of nitrogens with one attached hydrogen (secondary N) is 1. The fourth-order valence-corrected chi connectivity index (χ4v) is 4.78. The number of hydrogen-bond acceptors (Lipinski definition) is 7. The van der Waals surface area contributed by atoms with Crippen molar-refractivity contribution < 1.29 is 4.79 Å². The number of hydrogen-bond donors (Lipinski definition) is 1. The second-order valence-electron chi connectivity index (χ2n) is 7.15. The molecule has 0 atom stereocenters. The average molecular weight is 448 g/mol. The largest absolute Gasteiger partial charge is 0.325 e. The topological polar surface area (TPSA) is 80.7 Å². The van der Waals surface area contributed by atoms with Gasteiger partial charge < -0.3 is 5.32 Å². The molecule has 3 aromatic heterocycles. The number of aromatic nitrogens is 4. The second kappa shape index (κ2) is 9.36. The molecular weight excluding hydrogens is 426 g/mol. The highest BCUT2D eigenvalue weighted by atomic mass is 32.2. The first kappa shape index (κ1) is 21.1. The summed E-state index contributed by atoms with van der Waals surface area (Å²) < 4.78 is 0. The van der Waals surface area contributed by atoms with Crippen molar-refractivity contribution in [3.05, 3.63) is 71.7 Å². The van der Waals surface area contributed by atoms with Crippen molar-refractivity contribution in [3.8, 4) is 21.1 Å². The first-order valence-corrected chi connectivity index (χ1v) is 11.5. The van der Waals surface area contributed by atoms with E-state index < -0.39 is 0 Å². The molecule has 0 saturated carbocycles. The summed E-state index contributed by atoms with van der Waals surface area (Å²) in [7, 11) is 0. The summed E-state index contributed by atoms with van der Waals surface area (Å²) in [5.41, 5.74) is 5.72. The van der Waals surface area contributed by atoms with Crippen LogP contribution in [0.5, 0.6) is 0 Å². The van der Waals surface area contributed by atoms with Crippen molar-refractivity contribution in [2.24, 2.45) is 0 Å². The Morgan fingerprint density at radius 3 is 2.55 bits per heavy atom. The average Bonchev–Trinajstić information content (AvgIpc) is 3.14. The summed E-state index contributed by atoms with van der Waals surface area (Å²) in [6, 6.07) is 13.7. The predicted molar refractivity (Wildman–Crippen MR) is 126 cm³/mol. The summed E-state index contributed by atoms with van der Waals surface area (Å²) in [6.07, 6.45) is 3.55. The smallest absolute Gasteiger partial charge is 0.234 e. The van der Waals surface area contributed by atoms with Crippen LogP contribution in [0.2, 0.25) is 0 Å². The van der Waals surface area contributed by atoms with Crippen LogP contribution in [0.25, 0.3) is 21.1 Å². The minimum atomic E-state index is -0.0692. The molecule has 0 radical (unpaired) electrons. The van der Waals surface area contributed by atoms with E-state index >= 15 is 0 Å².